The van der Waals surface area contributed by atoms with Gasteiger partial charge in [-0.1, -0.05) is 36.4 Å². The monoisotopic (exact) mass is 392 g/mol. The van der Waals surface area contributed by atoms with Crippen LogP contribution < -0.4 is 5.43 Å². The van der Waals surface area contributed by atoms with Crippen molar-refractivity contribution in [1.29, 1.82) is 0 Å². The van der Waals surface area contributed by atoms with Crippen LogP contribution in [0.15, 0.2) is 63.6 Å². The van der Waals surface area contributed by atoms with Gasteiger partial charge in [-0.15, -0.1) is 11.6 Å². The fourth-order valence-corrected chi connectivity index (χ4v) is 2.57. The number of halogens is 4. The molecule has 0 amide bonds. The van der Waals surface area contributed by atoms with E-state index in [0.717, 1.165) is 17.7 Å². The zero-order valence-corrected chi connectivity index (χ0v) is 15.1. The Morgan fingerprint density at radius 3 is 2.59 bits per heavy atom. The standard InChI is InChI=1S/C19H16ClF3N4/c1-12(10-20)26-27-17-11-24-18(13-5-3-2-4-6-13)15-8-7-14(19(21,22)23)9-16(15)25-17/h2-9H,10-11H2,1H3,(H,25,27). The van der Waals surface area contributed by atoms with Crippen molar-refractivity contribution in [3.05, 3.63) is 65.2 Å². The van der Waals surface area contributed by atoms with Crippen LogP contribution in [-0.2, 0) is 6.18 Å². The molecular formula is C19H16ClF3N4. The molecule has 0 aliphatic carbocycles. The number of hydrogen-bond acceptors (Lipinski definition) is 4. The zero-order valence-electron chi connectivity index (χ0n) is 14.4. The molecule has 0 aromatic heterocycles. The van der Waals surface area contributed by atoms with Gasteiger partial charge < -0.3 is 0 Å². The summed E-state index contributed by atoms with van der Waals surface area (Å²) >= 11 is 5.69. The molecule has 0 atom stereocenters. The van der Waals surface area contributed by atoms with Gasteiger partial charge in [0.25, 0.3) is 0 Å². The van der Waals surface area contributed by atoms with E-state index in [1.54, 1.807) is 6.92 Å². The summed E-state index contributed by atoms with van der Waals surface area (Å²) in [5, 5.41) is 4.06. The maximum Gasteiger partial charge on any atom is 0.416 e. The molecule has 0 bridgehead atoms. The van der Waals surface area contributed by atoms with Crippen molar-refractivity contribution in [3.63, 3.8) is 0 Å². The van der Waals surface area contributed by atoms with Gasteiger partial charge in [-0.3, -0.25) is 10.4 Å². The minimum atomic E-state index is -4.46. The number of alkyl halides is 4. The molecule has 2 aromatic rings. The van der Waals surface area contributed by atoms with Gasteiger partial charge in [-0.25, -0.2) is 4.99 Å². The number of amidine groups is 1. The molecule has 1 aliphatic heterocycles. The highest BCUT2D eigenvalue weighted by atomic mass is 35.5. The van der Waals surface area contributed by atoms with Crippen LogP contribution in [0.4, 0.5) is 18.9 Å². The van der Waals surface area contributed by atoms with E-state index in [-0.39, 0.29) is 18.1 Å². The highest BCUT2D eigenvalue weighted by Gasteiger charge is 2.31. The SMILES string of the molecule is CC(CCl)=NNC1=Nc2cc(C(F)(F)F)ccc2C(c2ccccc2)=NC1. The van der Waals surface area contributed by atoms with Gasteiger partial charge in [0.2, 0.25) is 0 Å². The van der Waals surface area contributed by atoms with Crippen molar-refractivity contribution in [3.8, 4) is 0 Å². The minimum absolute atomic E-state index is 0.152. The van der Waals surface area contributed by atoms with E-state index < -0.39 is 11.7 Å². The zero-order chi connectivity index (χ0) is 19.4. The number of nitrogens with zero attached hydrogens (tertiary/aromatic N) is 3. The molecular weight excluding hydrogens is 377 g/mol. The molecule has 1 N–H and O–H groups in total. The topological polar surface area (TPSA) is 49.1 Å². The second kappa shape index (κ2) is 7.92. The second-order valence-electron chi connectivity index (χ2n) is 5.91. The summed E-state index contributed by atoms with van der Waals surface area (Å²) in [6, 6.07) is 12.7. The second-order valence-corrected chi connectivity index (χ2v) is 6.18. The van der Waals surface area contributed by atoms with Gasteiger partial charge in [-0.2, -0.15) is 18.3 Å². The Morgan fingerprint density at radius 2 is 1.93 bits per heavy atom. The van der Waals surface area contributed by atoms with E-state index in [1.165, 1.54) is 6.07 Å². The highest BCUT2D eigenvalue weighted by molar-refractivity contribution is 6.28. The first-order valence-electron chi connectivity index (χ1n) is 8.12. The fourth-order valence-electron chi connectivity index (χ4n) is 2.51. The molecule has 1 heterocycles. The first-order valence-corrected chi connectivity index (χ1v) is 8.66. The van der Waals surface area contributed by atoms with Crippen molar-refractivity contribution < 1.29 is 13.2 Å². The third-order valence-corrected chi connectivity index (χ3v) is 4.23. The van der Waals surface area contributed by atoms with Crippen LogP contribution in [0.2, 0.25) is 0 Å². The molecule has 140 valence electrons. The maximum atomic E-state index is 13.1. The van der Waals surface area contributed by atoms with Crippen LogP contribution in [0.25, 0.3) is 0 Å². The van der Waals surface area contributed by atoms with Gasteiger partial charge in [0.05, 0.1) is 29.4 Å². The summed E-state index contributed by atoms with van der Waals surface area (Å²) in [5.41, 5.74) is 4.71. The molecule has 27 heavy (non-hydrogen) atoms. The van der Waals surface area contributed by atoms with E-state index in [9.17, 15) is 13.2 Å². The Labute approximate surface area is 159 Å². The first kappa shape index (κ1) is 19.1. The highest BCUT2D eigenvalue weighted by Crippen LogP contribution is 2.34. The molecule has 0 unspecified atom stereocenters. The van der Waals surface area contributed by atoms with E-state index >= 15 is 0 Å². The number of benzene rings is 2. The lowest BCUT2D eigenvalue weighted by Crippen LogP contribution is -2.22. The molecule has 8 heteroatoms. The number of hydrazone groups is 1. The molecule has 0 radical (unpaired) electrons. The molecule has 0 saturated heterocycles. The van der Waals surface area contributed by atoms with Crippen LogP contribution in [0, 0.1) is 0 Å². The summed E-state index contributed by atoms with van der Waals surface area (Å²) in [6.07, 6.45) is -4.46. The van der Waals surface area contributed by atoms with Crippen molar-refractivity contribution in [2.75, 3.05) is 12.4 Å². The first-order chi connectivity index (χ1) is 12.9. The van der Waals surface area contributed by atoms with E-state index in [0.29, 0.717) is 22.8 Å². The lowest BCUT2D eigenvalue weighted by Gasteiger charge is -2.12. The molecule has 1 aliphatic rings. The Hall–Kier alpha value is -2.67. The minimum Gasteiger partial charge on any atom is -0.276 e. The van der Waals surface area contributed by atoms with Crippen LogP contribution in [-0.4, -0.2) is 29.7 Å². The number of hydrogen-bond donors (Lipinski definition) is 1. The normalized spacial score (nSPS) is 14.8. The number of nitrogens with one attached hydrogen (secondary N) is 1. The van der Waals surface area contributed by atoms with Crippen LogP contribution >= 0.6 is 11.6 Å². The average Bonchev–Trinajstić information content (AvgIpc) is 2.84. The predicted molar refractivity (Wildman–Crippen MR) is 102 cm³/mol. The summed E-state index contributed by atoms with van der Waals surface area (Å²) in [5.74, 6) is 0.569. The van der Waals surface area contributed by atoms with Crippen LogP contribution in [0.3, 0.4) is 0 Å². The van der Waals surface area contributed by atoms with Gasteiger partial charge in [-0.05, 0) is 19.1 Å². The molecule has 0 saturated carbocycles. The van der Waals surface area contributed by atoms with E-state index in [4.69, 9.17) is 11.6 Å². The molecule has 0 fully saturated rings. The Bertz CT molecular complexity index is 918. The lowest BCUT2D eigenvalue weighted by atomic mass is 9.99. The summed E-state index contributed by atoms with van der Waals surface area (Å²) in [4.78, 5) is 8.89. The Morgan fingerprint density at radius 1 is 1.19 bits per heavy atom. The summed E-state index contributed by atoms with van der Waals surface area (Å²) < 4.78 is 39.4. The van der Waals surface area contributed by atoms with Crippen molar-refractivity contribution in [2.45, 2.75) is 13.1 Å². The van der Waals surface area contributed by atoms with Gasteiger partial charge in [0.15, 0.2) is 0 Å². The van der Waals surface area contributed by atoms with E-state index in [1.807, 2.05) is 30.3 Å². The summed E-state index contributed by atoms with van der Waals surface area (Å²) in [7, 11) is 0. The number of aliphatic imine (C=N–C) groups is 2. The largest absolute Gasteiger partial charge is 0.416 e. The van der Waals surface area contributed by atoms with E-state index in [2.05, 4.69) is 20.5 Å². The van der Waals surface area contributed by atoms with Crippen molar-refractivity contribution >= 4 is 34.5 Å². The average molecular weight is 393 g/mol. The molecule has 2 aromatic carbocycles. The Balaban J connectivity index is 2.10. The predicted octanol–water partition coefficient (Wildman–Crippen LogP) is 4.79. The maximum absolute atomic E-state index is 13.1. The number of fused-ring (bicyclic) bond motifs is 1. The van der Waals surface area contributed by atoms with Gasteiger partial charge >= 0.3 is 6.18 Å². The van der Waals surface area contributed by atoms with Crippen molar-refractivity contribution in [1.82, 2.24) is 5.43 Å². The lowest BCUT2D eigenvalue weighted by molar-refractivity contribution is -0.137. The quantitative estimate of drug-likeness (QED) is 0.455. The third kappa shape index (κ3) is 4.54. The van der Waals surface area contributed by atoms with Gasteiger partial charge in [0.1, 0.15) is 5.84 Å². The van der Waals surface area contributed by atoms with Crippen LogP contribution in [0.1, 0.15) is 23.6 Å². The van der Waals surface area contributed by atoms with Gasteiger partial charge in [0, 0.05) is 16.8 Å². The molecule has 3 rings (SSSR count). The third-order valence-electron chi connectivity index (χ3n) is 3.84. The summed E-state index contributed by atoms with van der Waals surface area (Å²) in [6.45, 7) is 1.88. The Kier molecular flexibility index (Phi) is 5.60. The molecule has 0 spiro atoms. The van der Waals surface area contributed by atoms with Crippen molar-refractivity contribution in [2.24, 2.45) is 15.1 Å². The molecule has 4 nitrogen and oxygen atoms in total. The fraction of sp³-hybridized carbons (Fsp3) is 0.211. The van der Waals surface area contributed by atoms with Crippen LogP contribution in [0.5, 0.6) is 0 Å². The smallest absolute Gasteiger partial charge is 0.276 e. The number of rotatable bonds is 3.